The van der Waals surface area contributed by atoms with E-state index in [4.69, 9.17) is 19.2 Å². The first kappa shape index (κ1) is 58.1. The zero-order valence-corrected chi connectivity index (χ0v) is 43.5. The van der Waals surface area contributed by atoms with Crippen LogP contribution in [0.15, 0.2) is 169 Å². The number of para-hydroxylation sites is 1. The number of ether oxygens (including phenoxy) is 3. The average Bonchev–Trinajstić information content (AvgIpc) is 3.55. The first-order chi connectivity index (χ1) is 35.4. The number of anilines is 2. The first-order valence-electron chi connectivity index (χ1n) is 26.4. The molecule has 1 fully saturated rings. The molecule has 2 aliphatic heterocycles. The summed E-state index contributed by atoms with van der Waals surface area (Å²) in [4.78, 5) is 49.3. The highest BCUT2D eigenvalue weighted by Crippen LogP contribution is 2.36. The van der Waals surface area contributed by atoms with Crippen LogP contribution in [0.3, 0.4) is 0 Å². The van der Waals surface area contributed by atoms with Gasteiger partial charge < -0.3 is 29.3 Å². The first-order valence-corrected chi connectivity index (χ1v) is 26.4. The molecule has 4 rings (SSSR count). The van der Waals surface area contributed by atoms with Crippen molar-refractivity contribution in [3.63, 3.8) is 0 Å². The number of amidine groups is 1. The molecule has 0 spiro atoms. The molecule has 10 nitrogen and oxygen atoms in total. The molecule has 0 radical (unpaired) electrons. The molecule has 1 saturated heterocycles. The van der Waals surface area contributed by atoms with E-state index in [1.54, 1.807) is 12.1 Å². The van der Waals surface area contributed by atoms with Crippen LogP contribution < -0.4 is 5.32 Å². The zero-order chi connectivity index (χ0) is 51.1. The number of hydrogen-bond acceptors (Lipinski definition) is 10. The molecule has 2 aromatic rings. The van der Waals surface area contributed by atoms with Gasteiger partial charge >= 0.3 is 17.9 Å². The van der Waals surface area contributed by atoms with Crippen LogP contribution in [0.5, 0.6) is 0 Å². The van der Waals surface area contributed by atoms with Crippen molar-refractivity contribution in [1.29, 1.82) is 0 Å². The predicted octanol–water partition coefficient (Wildman–Crippen LogP) is 14.5. The quantitative estimate of drug-likeness (QED) is 0.0332. The second-order valence-corrected chi connectivity index (χ2v) is 17.7. The van der Waals surface area contributed by atoms with Crippen molar-refractivity contribution in [2.24, 2.45) is 4.99 Å². The van der Waals surface area contributed by atoms with Crippen LogP contribution >= 0.6 is 0 Å². The predicted molar refractivity (Wildman–Crippen MR) is 299 cm³/mol. The third-order valence-electron chi connectivity index (χ3n) is 11.7. The number of nitrogens with one attached hydrogen (secondary N) is 1. The molecule has 386 valence electrons. The summed E-state index contributed by atoms with van der Waals surface area (Å²) in [5.74, 6) is -0.610. The van der Waals surface area contributed by atoms with Crippen LogP contribution in [-0.2, 0) is 23.8 Å². The number of nitrogens with zero attached hydrogens (tertiary/aromatic N) is 3. The summed E-state index contributed by atoms with van der Waals surface area (Å²) in [7, 11) is 2.12. The zero-order valence-electron chi connectivity index (χ0n) is 43.5. The number of aliphatic imine (C=N–C) groups is 1. The Labute approximate surface area is 432 Å². The van der Waals surface area contributed by atoms with Gasteiger partial charge in [-0.25, -0.2) is 9.79 Å². The van der Waals surface area contributed by atoms with Crippen molar-refractivity contribution in [2.45, 2.75) is 123 Å². The van der Waals surface area contributed by atoms with Gasteiger partial charge in [-0.15, -0.1) is 0 Å². The fourth-order valence-corrected chi connectivity index (χ4v) is 7.54. The van der Waals surface area contributed by atoms with E-state index in [1.807, 2.05) is 24.3 Å². The molecule has 0 unspecified atom stereocenters. The van der Waals surface area contributed by atoms with Crippen LogP contribution in [0.25, 0.3) is 0 Å². The van der Waals surface area contributed by atoms with Crippen molar-refractivity contribution in [1.82, 2.24) is 9.80 Å². The Morgan fingerprint density at radius 1 is 0.569 bits per heavy atom. The molecular formula is C62H82N4O6. The van der Waals surface area contributed by atoms with Gasteiger partial charge in [-0.05, 0) is 127 Å². The number of allylic oxidation sites excluding steroid dienone is 20. The van der Waals surface area contributed by atoms with Gasteiger partial charge in [0.05, 0.1) is 16.9 Å². The lowest BCUT2D eigenvalue weighted by Gasteiger charge is -2.34. The Balaban J connectivity index is 1.26. The minimum absolute atomic E-state index is 0.207. The number of hydrogen-bond donors (Lipinski definition) is 1. The topological polar surface area (TPSA) is 110 Å². The van der Waals surface area contributed by atoms with E-state index >= 15 is 0 Å². The molecule has 10 heteroatoms. The monoisotopic (exact) mass is 979 g/mol. The van der Waals surface area contributed by atoms with E-state index in [9.17, 15) is 14.4 Å². The third-order valence-corrected chi connectivity index (χ3v) is 11.7. The molecule has 72 heavy (non-hydrogen) atoms. The summed E-state index contributed by atoms with van der Waals surface area (Å²) in [5, 5.41) is 3.51. The molecule has 0 bridgehead atoms. The Hall–Kier alpha value is -6.52. The Bertz CT molecular complexity index is 2170. The lowest BCUT2D eigenvalue weighted by Crippen LogP contribution is -2.47. The van der Waals surface area contributed by atoms with Crippen LogP contribution in [0.2, 0.25) is 0 Å². The van der Waals surface area contributed by atoms with Crippen LogP contribution in [-0.4, -0.2) is 86.1 Å². The minimum Gasteiger partial charge on any atom is -0.462 e. The normalized spacial score (nSPS) is 14.7. The smallest absolute Gasteiger partial charge is 0.338 e. The summed E-state index contributed by atoms with van der Waals surface area (Å²) in [5.41, 5.74) is 3.56. The number of unbranched alkanes of at least 4 members (excludes halogenated alkanes) is 2. The van der Waals surface area contributed by atoms with Gasteiger partial charge in [0.25, 0.3) is 0 Å². The molecule has 2 aliphatic rings. The molecule has 2 aromatic carbocycles. The highest BCUT2D eigenvalue weighted by molar-refractivity contribution is 6.08. The number of carbonyl (C=O) groups is 3. The summed E-state index contributed by atoms with van der Waals surface area (Å²) in [6.45, 7) is 7.28. The van der Waals surface area contributed by atoms with E-state index in [-0.39, 0.29) is 31.6 Å². The summed E-state index contributed by atoms with van der Waals surface area (Å²) in [6.07, 6.45) is 54.7. The number of rotatable bonds is 32. The van der Waals surface area contributed by atoms with Crippen LogP contribution in [0, 0.1) is 0 Å². The van der Waals surface area contributed by atoms with Crippen molar-refractivity contribution < 1.29 is 28.6 Å². The third kappa shape index (κ3) is 25.0. The van der Waals surface area contributed by atoms with E-state index in [0.29, 0.717) is 18.5 Å². The number of likely N-dealkylation sites (N-methyl/N-ethyl adjacent to an activating group) is 1. The SMILES string of the molecule is CC/C=C/C/C=C/C/C=C/C/C=C/C/C=C/CCCC(=O)OCC(COC(=O)CCC/C=C/C/C=C/C/C=C/C/C=C/C/C=C/CC)OC(=O)c1ccc2c(c1)N=C(N1CCN(C)CC1)c1ccccc1N2. The van der Waals surface area contributed by atoms with Gasteiger partial charge in [0, 0.05) is 50.3 Å². The van der Waals surface area contributed by atoms with Crippen molar-refractivity contribution in [3.05, 3.63) is 175 Å². The molecule has 0 amide bonds. The maximum Gasteiger partial charge on any atom is 0.338 e. The number of fused-ring (bicyclic) bond motifs is 2. The van der Waals surface area contributed by atoms with Crippen LogP contribution in [0.4, 0.5) is 17.1 Å². The molecule has 2 heterocycles. The van der Waals surface area contributed by atoms with Crippen molar-refractivity contribution in [3.8, 4) is 0 Å². The van der Waals surface area contributed by atoms with Crippen LogP contribution in [0.1, 0.15) is 133 Å². The molecule has 0 saturated carbocycles. The molecule has 0 aliphatic carbocycles. The fraction of sp³-hybridized carbons (Fsp3) is 0.419. The standard InChI is InChI=1S/C62H82N4O6/c1-4-6-8-10-12-14-16-18-20-22-24-26-28-30-32-34-36-42-59(67)70-51-54(52-71-60(68)43-37-35-33-31-29-27-25-23-21-19-17-15-13-11-9-7-5-2)72-62(69)53-44-45-57-58(50-53)64-61(66-48-46-65(3)47-49-66)55-40-38-39-41-56(55)63-57/h6-9,12-15,18-21,24-27,30-33,38-41,44-45,50,54,63H,4-5,10-11,16-17,22-23,28-29,34-37,42-43,46-49,51-52H2,1-3H3/b8-6+,9-7+,14-12+,15-13+,20-18+,21-19+,26-24+,27-25+,32-30+,33-31+. The lowest BCUT2D eigenvalue weighted by molar-refractivity contribution is -0.152. The molecule has 1 N–H and O–H groups in total. The van der Waals surface area contributed by atoms with E-state index in [0.717, 1.165) is 126 Å². The van der Waals surface area contributed by atoms with E-state index < -0.39 is 24.0 Å². The fourth-order valence-electron chi connectivity index (χ4n) is 7.54. The van der Waals surface area contributed by atoms with E-state index in [2.05, 4.69) is 164 Å². The second-order valence-electron chi connectivity index (χ2n) is 17.7. The van der Waals surface area contributed by atoms with Crippen molar-refractivity contribution in [2.75, 3.05) is 51.8 Å². The Morgan fingerprint density at radius 3 is 1.49 bits per heavy atom. The largest absolute Gasteiger partial charge is 0.462 e. The lowest BCUT2D eigenvalue weighted by atomic mass is 10.1. The molecule has 0 atom stereocenters. The maximum absolute atomic E-state index is 13.8. The van der Waals surface area contributed by atoms with Gasteiger partial charge in [-0.3, -0.25) is 9.59 Å². The van der Waals surface area contributed by atoms with Gasteiger partial charge in [0.2, 0.25) is 0 Å². The number of carbonyl (C=O) groups excluding carboxylic acids is 3. The van der Waals surface area contributed by atoms with Gasteiger partial charge in [-0.1, -0.05) is 148 Å². The second kappa shape index (κ2) is 37.3. The van der Waals surface area contributed by atoms with E-state index in [1.165, 1.54) is 0 Å². The molecular weight excluding hydrogens is 897 g/mol. The van der Waals surface area contributed by atoms with Gasteiger partial charge in [-0.2, -0.15) is 0 Å². The number of piperazine rings is 1. The highest BCUT2D eigenvalue weighted by atomic mass is 16.6. The maximum atomic E-state index is 13.8. The summed E-state index contributed by atoms with van der Waals surface area (Å²) >= 11 is 0. The van der Waals surface area contributed by atoms with Gasteiger partial charge in [0.15, 0.2) is 6.10 Å². The number of esters is 3. The average molecular weight is 979 g/mol. The summed E-state index contributed by atoms with van der Waals surface area (Å²) in [6, 6.07) is 13.3. The molecule has 0 aromatic heterocycles. The van der Waals surface area contributed by atoms with Gasteiger partial charge in [0.1, 0.15) is 19.0 Å². The highest BCUT2D eigenvalue weighted by Gasteiger charge is 2.26. The Kier molecular flexibility index (Phi) is 30.1. The number of benzene rings is 2. The Morgan fingerprint density at radius 2 is 1.01 bits per heavy atom. The summed E-state index contributed by atoms with van der Waals surface area (Å²) < 4.78 is 17.1. The minimum atomic E-state index is -1.01. The van der Waals surface area contributed by atoms with Crippen molar-refractivity contribution >= 4 is 40.8 Å².